The number of hydrogen-bond acceptors (Lipinski definition) is 5. The maximum atomic E-state index is 12.9. The molecule has 0 saturated carbocycles. The normalized spacial score (nSPS) is 19.8. The molecule has 1 amide bonds. The number of halogens is 3. The molecule has 1 saturated heterocycles. The molecular formula is C23H25F3N2O4. The number of hydrogen-bond donors (Lipinski definition) is 1. The van der Waals surface area contributed by atoms with Gasteiger partial charge >= 0.3 is 6.36 Å². The van der Waals surface area contributed by atoms with Gasteiger partial charge in [-0.15, -0.1) is 13.2 Å². The number of carbonyl (C=O) groups excluding carboxylic acids is 1. The lowest BCUT2D eigenvalue weighted by Crippen LogP contribution is -2.41. The Morgan fingerprint density at radius 3 is 2.53 bits per heavy atom. The quantitative estimate of drug-likeness (QED) is 0.702. The van der Waals surface area contributed by atoms with E-state index < -0.39 is 12.4 Å². The maximum Gasteiger partial charge on any atom is 0.573 e. The minimum Gasteiger partial charge on any atom is -0.490 e. The van der Waals surface area contributed by atoms with Gasteiger partial charge < -0.3 is 19.5 Å². The first kappa shape index (κ1) is 22.3. The maximum absolute atomic E-state index is 12.9. The highest BCUT2D eigenvalue weighted by Gasteiger charge is 2.34. The number of alkyl halides is 3. The van der Waals surface area contributed by atoms with Crippen LogP contribution < -0.4 is 19.5 Å². The van der Waals surface area contributed by atoms with Gasteiger partial charge in [0, 0.05) is 18.2 Å². The molecule has 2 atom stereocenters. The highest BCUT2D eigenvalue weighted by molar-refractivity contribution is 5.94. The average molecular weight is 450 g/mol. The van der Waals surface area contributed by atoms with Gasteiger partial charge in [-0.3, -0.25) is 9.69 Å². The Balaban J connectivity index is 1.42. The second-order valence-corrected chi connectivity index (χ2v) is 7.89. The smallest absolute Gasteiger partial charge is 0.490 e. The monoisotopic (exact) mass is 450 g/mol. The fourth-order valence-electron chi connectivity index (χ4n) is 4.13. The van der Waals surface area contributed by atoms with Crippen LogP contribution >= 0.6 is 0 Å². The second-order valence-electron chi connectivity index (χ2n) is 7.89. The van der Waals surface area contributed by atoms with Crippen LogP contribution in [0.2, 0.25) is 0 Å². The van der Waals surface area contributed by atoms with Gasteiger partial charge in [0.1, 0.15) is 5.75 Å². The molecule has 1 N–H and O–H groups in total. The van der Waals surface area contributed by atoms with Crippen LogP contribution in [0.25, 0.3) is 0 Å². The van der Waals surface area contributed by atoms with E-state index >= 15 is 0 Å². The summed E-state index contributed by atoms with van der Waals surface area (Å²) >= 11 is 0. The lowest BCUT2D eigenvalue weighted by molar-refractivity contribution is -0.274. The fourth-order valence-corrected chi connectivity index (χ4v) is 4.13. The molecule has 0 aliphatic carbocycles. The van der Waals surface area contributed by atoms with E-state index in [0.29, 0.717) is 18.9 Å². The molecule has 2 aliphatic heterocycles. The molecule has 0 radical (unpaired) electrons. The number of ether oxygens (including phenoxy) is 3. The van der Waals surface area contributed by atoms with Crippen molar-refractivity contribution in [3.8, 4) is 17.2 Å². The Labute approximate surface area is 184 Å². The van der Waals surface area contributed by atoms with Crippen molar-refractivity contribution in [1.29, 1.82) is 0 Å². The summed E-state index contributed by atoms with van der Waals surface area (Å²) in [7, 11) is 0. The van der Waals surface area contributed by atoms with Gasteiger partial charge in [0.05, 0.1) is 19.3 Å². The summed E-state index contributed by atoms with van der Waals surface area (Å²) in [5.74, 6) is 0.901. The van der Waals surface area contributed by atoms with E-state index in [9.17, 15) is 18.0 Å². The van der Waals surface area contributed by atoms with Crippen molar-refractivity contribution < 1.29 is 32.2 Å². The summed E-state index contributed by atoms with van der Waals surface area (Å²) in [6, 6.07) is 10.7. The van der Waals surface area contributed by atoms with E-state index in [1.807, 2.05) is 25.1 Å². The lowest BCUT2D eigenvalue weighted by atomic mass is 10.0. The van der Waals surface area contributed by atoms with E-state index in [2.05, 4.69) is 15.0 Å². The first-order valence-electron chi connectivity index (χ1n) is 10.6. The van der Waals surface area contributed by atoms with Crippen molar-refractivity contribution in [1.82, 2.24) is 4.90 Å². The minimum absolute atomic E-state index is 0.0652. The Bertz CT molecular complexity index is 949. The molecule has 0 aromatic heterocycles. The van der Waals surface area contributed by atoms with Crippen LogP contribution in [0, 0.1) is 0 Å². The molecule has 2 heterocycles. The van der Waals surface area contributed by atoms with Gasteiger partial charge in [-0.1, -0.05) is 6.07 Å². The molecule has 32 heavy (non-hydrogen) atoms. The number of nitrogens with zero attached hydrogens (tertiary/aromatic N) is 1. The van der Waals surface area contributed by atoms with E-state index in [-0.39, 0.29) is 17.7 Å². The number of nitrogens with one attached hydrogen (secondary N) is 1. The predicted octanol–water partition coefficient (Wildman–Crippen LogP) is 4.91. The van der Waals surface area contributed by atoms with Gasteiger partial charge in [-0.2, -0.15) is 0 Å². The highest BCUT2D eigenvalue weighted by Crippen LogP contribution is 2.39. The van der Waals surface area contributed by atoms with E-state index in [1.165, 1.54) is 24.3 Å². The first-order valence-corrected chi connectivity index (χ1v) is 10.6. The topological polar surface area (TPSA) is 60.0 Å². The van der Waals surface area contributed by atoms with Crippen LogP contribution in [0.5, 0.6) is 17.2 Å². The summed E-state index contributed by atoms with van der Waals surface area (Å²) < 4.78 is 52.3. The molecule has 2 aromatic carbocycles. The summed E-state index contributed by atoms with van der Waals surface area (Å²) in [5, 5.41) is 2.78. The SMILES string of the molecule is C[C@H](C(=O)Nc1ccc(OC(F)(F)F)cc1)N1CCC[C@H]1c1ccc2c(c1)OCCCO2. The Morgan fingerprint density at radius 1 is 1.09 bits per heavy atom. The molecule has 6 nitrogen and oxygen atoms in total. The summed E-state index contributed by atoms with van der Waals surface area (Å²) in [6.07, 6.45) is -2.04. The third-order valence-electron chi connectivity index (χ3n) is 5.68. The lowest BCUT2D eigenvalue weighted by Gasteiger charge is -2.30. The summed E-state index contributed by atoms with van der Waals surface area (Å²) in [5.41, 5.74) is 1.47. The van der Waals surface area contributed by atoms with E-state index in [1.54, 1.807) is 0 Å². The first-order chi connectivity index (χ1) is 15.3. The molecule has 0 spiro atoms. The molecule has 9 heteroatoms. The van der Waals surface area contributed by atoms with Crippen LogP contribution in [0.3, 0.4) is 0 Å². The van der Waals surface area contributed by atoms with Crippen LogP contribution in [-0.2, 0) is 4.79 Å². The number of anilines is 1. The zero-order chi connectivity index (χ0) is 22.7. The van der Waals surface area contributed by atoms with Crippen molar-refractivity contribution >= 4 is 11.6 Å². The second kappa shape index (κ2) is 9.28. The molecule has 172 valence electrons. The zero-order valence-corrected chi connectivity index (χ0v) is 17.7. The molecule has 4 rings (SSSR count). The molecular weight excluding hydrogens is 425 g/mol. The molecule has 0 bridgehead atoms. The third kappa shape index (κ3) is 5.27. The van der Waals surface area contributed by atoms with Crippen molar-refractivity contribution in [3.05, 3.63) is 48.0 Å². The van der Waals surface area contributed by atoms with Crippen LogP contribution in [0.1, 0.15) is 37.8 Å². The average Bonchev–Trinajstić information content (AvgIpc) is 3.12. The Morgan fingerprint density at radius 2 is 1.81 bits per heavy atom. The number of carbonyl (C=O) groups is 1. The summed E-state index contributed by atoms with van der Waals surface area (Å²) in [4.78, 5) is 15.0. The van der Waals surface area contributed by atoms with Crippen molar-refractivity contribution in [2.45, 2.75) is 44.6 Å². The van der Waals surface area contributed by atoms with Crippen molar-refractivity contribution in [3.63, 3.8) is 0 Å². The van der Waals surface area contributed by atoms with E-state index in [0.717, 1.165) is 42.9 Å². The van der Waals surface area contributed by atoms with Gasteiger partial charge in [-0.25, -0.2) is 0 Å². The minimum atomic E-state index is -4.75. The van der Waals surface area contributed by atoms with Gasteiger partial charge in [0.15, 0.2) is 11.5 Å². The van der Waals surface area contributed by atoms with Crippen LogP contribution in [0.4, 0.5) is 18.9 Å². The molecule has 2 aromatic rings. The largest absolute Gasteiger partial charge is 0.573 e. The van der Waals surface area contributed by atoms with Gasteiger partial charge in [0.25, 0.3) is 0 Å². The number of rotatable bonds is 5. The van der Waals surface area contributed by atoms with E-state index in [4.69, 9.17) is 9.47 Å². The Hall–Kier alpha value is -2.94. The third-order valence-corrected chi connectivity index (χ3v) is 5.68. The predicted molar refractivity (Wildman–Crippen MR) is 112 cm³/mol. The highest BCUT2D eigenvalue weighted by atomic mass is 19.4. The zero-order valence-electron chi connectivity index (χ0n) is 17.7. The Kier molecular flexibility index (Phi) is 6.45. The van der Waals surface area contributed by atoms with Crippen molar-refractivity contribution in [2.75, 3.05) is 25.1 Å². The number of amides is 1. The van der Waals surface area contributed by atoms with Gasteiger partial charge in [-0.05, 0) is 68.3 Å². The summed E-state index contributed by atoms with van der Waals surface area (Å²) in [6.45, 7) is 3.84. The molecule has 0 unspecified atom stereocenters. The number of likely N-dealkylation sites (tertiary alicyclic amines) is 1. The van der Waals surface area contributed by atoms with Crippen LogP contribution in [-0.4, -0.2) is 43.0 Å². The standard InChI is InChI=1S/C23H25F3N2O4/c1-15(22(29)27-17-6-8-18(9-7-17)32-23(24,25)26)28-11-2-4-19(28)16-5-10-20-21(14-16)31-13-3-12-30-20/h5-10,14-15,19H,2-4,11-13H2,1H3,(H,27,29)/t15-,19+/m1/s1. The fraction of sp³-hybridized carbons (Fsp3) is 0.435. The number of fused-ring (bicyclic) bond motifs is 1. The van der Waals surface area contributed by atoms with Crippen molar-refractivity contribution in [2.24, 2.45) is 0 Å². The molecule has 1 fully saturated rings. The number of benzene rings is 2. The van der Waals surface area contributed by atoms with Gasteiger partial charge in [0.2, 0.25) is 5.91 Å². The molecule has 2 aliphatic rings. The van der Waals surface area contributed by atoms with Crippen LogP contribution in [0.15, 0.2) is 42.5 Å².